The van der Waals surface area contributed by atoms with E-state index in [2.05, 4.69) is 65.2 Å². The van der Waals surface area contributed by atoms with Gasteiger partial charge in [-0.1, -0.05) is 36.4 Å². The van der Waals surface area contributed by atoms with Crippen molar-refractivity contribution >= 4 is 5.91 Å². The maximum absolute atomic E-state index is 12.4. The number of hydrogen-bond acceptors (Lipinski definition) is 4. The van der Waals surface area contributed by atoms with Gasteiger partial charge in [0, 0.05) is 30.5 Å². The van der Waals surface area contributed by atoms with Gasteiger partial charge in [-0.2, -0.15) is 0 Å². The molecule has 2 aromatic carbocycles. The smallest absolute Gasteiger partial charge is 0.258 e. The summed E-state index contributed by atoms with van der Waals surface area (Å²) in [6.45, 7) is 6.52. The van der Waals surface area contributed by atoms with Crippen molar-refractivity contribution in [2.24, 2.45) is 0 Å². The number of fused-ring (bicyclic) bond motifs is 1. The maximum atomic E-state index is 12.4. The van der Waals surface area contributed by atoms with Crippen LogP contribution in [0.5, 0.6) is 5.75 Å². The maximum Gasteiger partial charge on any atom is 0.258 e. The van der Waals surface area contributed by atoms with Gasteiger partial charge in [0.25, 0.3) is 5.91 Å². The number of amides is 1. The van der Waals surface area contributed by atoms with E-state index in [0.717, 1.165) is 12.1 Å². The first-order chi connectivity index (χ1) is 15.5. The lowest BCUT2D eigenvalue weighted by atomic mass is 9.87. The fourth-order valence-corrected chi connectivity index (χ4v) is 4.34. The monoisotopic (exact) mass is 427 g/mol. The third kappa shape index (κ3) is 5.06. The second kappa shape index (κ2) is 9.79. The van der Waals surface area contributed by atoms with Gasteiger partial charge in [-0.15, -0.1) is 0 Å². The quantitative estimate of drug-likeness (QED) is 0.528. The van der Waals surface area contributed by atoms with Crippen molar-refractivity contribution in [3.05, 3.63) is 107 Å². The second-order valence-corrected chi connectivity index (χ2v) is 8.34. The molecule has 0 aliphatic heterocycles. The van der Waals surface area contributed by atoms with Gasteiger partial charge < -0.3 is 4.74 Å². The SMILES string of the molecule is C=C(NC(=O)c1ccncc1C)Oc1ccc(CN(C)C2CCCc3ccccc32)cc1. The second-order valence-electron chi connectivity index (χ2n) is 8.34. The number of aryl methyl sites for hydroxylation is 2. The molecule has 1 aliphatic carbocycles. The van der Waals surface area contributed by atoms with Crippen molar-refractivity contribution in [3.8, 4) is 5.75 Å². The number of hydrogen-bond donors (Lipinski definition) is 1. The number of ether oxygens (including phenoxy) is 1. The van der Waals surface area contributed by atoms with Crippen LogP contribution in [-0.4, -0.2) is 22.8 Å². The van der Waals surface area contributed by atoms with E-state index >= 15 is 0 Å². The molecule has 4 rings (SSSR count). The van der Waals surface area contributed by atoms with E-state index in [-0.39, 0.29) is 11.8 Å². The standard InChI is InChI=1S/C27H29N3O2/c1-19-17-28-16-15-24(19)27(31)29-20(2)32-23-13-11-21(12-14-23)18-30(3)26-10-6-8-22-7-4-5-9-25(22)26/h4-5,7,9,11-17,26H,2,6,8,10,18H2,1,3H3,(H,29,31). The summed E-state index contributed by atoms with van der Waals surface area (Å²) >= 11 is 0. The van der Waals surface area contributed by atoms with Crippen LogP contribution in [0.2, 0.25) is 0 Å². The largest absolute Gasteiger partial charge is 0.442 e. The van der Waals surface area contributed by atoms with Crippen molar-refractivity contribution in [1.29, 1.82) is 0 Å². The van der Waals surface area contributed by atoms with Gasteiger partial charge in [0.15, 0.2) is 5.88 Å². The summed E-state index contributed by atoms with van der Waals surface area (Å²) < 4.78 is 5.71. The van der Waals surface area contributed by atoms with Crippen molar-refractivity contribution in [1.82, 2.24) is 15.2 Å². The van der Waals surface area contributed by atoms with Crippen LogP contribution in [0.25, 0.3) is 0 Å². The highest BCUT2D eigenvalue weighted by molar-refractivity contribution is 5.96. The molecular weight excluding hydrogens is 398 g/mol. The summed E-state index contributed by atoms with van der Waals surface area (Å²) in [5, 5.41) is 2.69. The number of carbonyl (C=O) groups is 1. The molecule has 5 heteroatoms. The predicted octanol–water partition coefficient (Wildman–Crippen LogP) is 5.18. The number of aromatic nitrogens is 1. The first-order valence-corrected chi connectivity index (χ1v) is 11.0. The van der Waals surface area contributed by atoms with E-state index in [4.69, 9.17) is 4.74 Å². The topological polar surface area (TPSA) is 54.5 Å². The van der Waals surface area contributed by atoms with E-state index in [1.807, 2.05) is 19.1 Å². The lowest BCUT2D eigenvalue weighted by molar-refractivity contribution is 0.0949. The van der Waals surface area contributed by atoms with Gasteiger partial charge in [0.1, 0.15) is 5.75 Å². The lowest BCUT2D eigenvalue weighted by Gasteiger charge is -2.33. The highest BCUT2D eigenvalue weighted by Gasteiger charge is 2.23. The van der Waals surface area contributed by atoms with Gasteiger partial charge in [-0.3, -0.25) is 20.0 Å². The average molecular weight is 428 g/mol. The Morgan fingerprint density at radius 2 is 1.97 bits per heavy atom. The van der Waals surface area contributed by atoms with E-state index in [1.165, 1.54) is 36.0 Å². The van der Waals surface area contributed by atoms with Gasteiger partial charge >= 0.3 is 0 Å². The molecule has 0 spiro atoms. The Morgan fingerprint density at radius 3 is 2.75 bits per heavy atom. The molecule has 1 aromatic heterocycles. The molecule has 164 valence electrons. The highest BCUT2D eigenvalue weighted by atomic mass is 16.5. The Bertz CT molecular complexity index is 1110. The van der Waals surface area contributed by atoms with E-state index in [1.54, 1.807) is 18.5 Å². The minimum atomic E-state index is -0.263. The van der Waals surface area contributed by atoms with Crippen LogP contribution < -0.4 is 10.1 Å². The highest BCUT2D eigenvalue weighted by Crippen LogP contribution is 2.34. The fourth-order valence-electron chi connectivity index (χ4n) is 4.34. The Labute approximate surface area is 189 Å². The number of pyridine rings is 1. The van der Waals surface area contributed by atoms with Crippen LogP contribution in [0.4, 0.5) is 0 Å². The third-order valence-corrected chi connectivity index (χ3v) is 5.98. The molecule has 32 heavy (non-hydrogen) atoms. The summed E-state index contributed by atoms with van der Waals surface area (Å²) in [6, 6.07) is 18.8. The minimum absolute atomic E-state index is 0.190. The zero-order valence-electron chi connectivity index (χ0n) is 18.7. The molecule has 5 nitrogen and oxygen atoms in total. The molecule has 1 amide bonds. The van der Waals surface area contributed by atoms with E-state index < -0.39 is 0 Å². The lowest BCUT2D eigenvalue weighted by Crippen LogP contribution is -2.27. The normalized spacial score (nSPS) is 15.2. The molecule has 0 saturated heterocycles. The van der Waals surface area contributed by atoms with Gasteiger partial charge in [0.05, 0.1) is 0 Å². The Balaban J connectivity index is 1.34. The van der Waals surface area contributed by atoms with Crippen molar-refractivity contribution < 1.29 is 9.53 Å². The van der Waals surface area contributed by atoms with Gasteiger partial charge in [0.2, 0.25) is 0 Å². The van der Waals surface area contributed by atoms with Crippen molar-refractivity contribution in [3.63, 3.8) is 0 Å². The molecule has 0 saturated carbocycles. The minimum Gasteiger partial charge on any atom is -0.442 e. The van der Waals surface area contributed by atoms with Crippen LogP contribution in [0.1, 0.15) is 51.5 Å². The zero-order valence-corrected chi connectivity index (χ0v) is 18.7. The number of benzene rings is 2. The predicted molar refractivity (Wildman–Crippen MR) is 126 cm³/mol. The Morgan fingerprint density at radius 1 is 1.19 bits per heavy atom. The molecule has 3 aromatic rings. The Kier molecular flexibility index (Phi) is 6.66. The van der Waals surface area contributed by atoms with E-state index in [9.17, 15) is 4.79 Å². The number of rotatable bonds is 7. The zero-order chi connectivity index (χ0) is 22.5. The van der Waals surface area contributed by atoms with Crippen molar-refractivity contribution in [2.45, 2.75) is 38.8 Å². The summed E-state index contributed by atoms with van der Waals surface area (Å²) in [5.74, 6) is 0.562. The summed E-state index contributed by atoms with van der Waals surface area (Å²) in [5.41, 5.74) is 5.49. The molecular formula is C27H29N3O2. The molecule has 1 unspecified atom stereocenters. The summed E-state index contributed by atoms with van der Waals surface area (Å²) in [7, 11) is 2.19. The first kappa shape index (κ1) is 21.8. The number of nitrogens with one attached hydrogen (secondary N) is 1. The molecule has 0 fully saturated rings. The van der Waals surface area contributed by atoms with Crippen LogP contribution in [-0.2, 0) is 13.0 Å². The number of nitrogens with zero attached hydrogens (tertiary/aromatic N) is 2. The van der Waals surface area contributed by atoms with Crippen LogP contribution in [0.15, 0.2) is 79.5 Å². The van der Waals surface area contributed by atoms with E-state index in [0.29, 0.717) is 17.4 Å². The molecule has 0 bridgehead atoms. The summed E-state index contributed by atoms with van der Waals surface area (Å²) in [4.78, 5) is 18.8. The van der Waals surface area contributed by atoms with Gasteiger partial charge in [-0.25, -0.2) is 0 Å². The van der Waals surface area contributed by atoms with Crippen LogP contribution >= 0.6 is 0 Å². The van der Waals surface area contributed by atoms with Gasteiger partial charge in [-0.05, 0) is 80.3 Å². The Hall–Kier alpha value is -3.44. The molecule has 1 heterocycles. The molecule has 1 atom stereocenters. The van der Waals surface area contributed by atoms with Crippen LogP contribution in [0.3, 0.4) is 0 Å². The first-order valence-electron chi connectivity index (χ1n) is 11.0. The number of carbonyl (C=O) groups excluding carboxylic acids is 1. The molecule has 0 radical (unpaired) electrons. The summed E-state index contributed by atoms with van der Waals surface area (Å²) in [6.07, 6.45) is 6.83. The van der Waals surface area contributed by atoms with Crippen LogP contribution in [0, 0.1) is 6.92 Å². The van der Waals surface area contributed by atoms with Crippen molar-refractivity contribution in [2.75, 3.05) is 7.05 Å². The molecule has 1 N–H and O–H groups in total. The third-order valence-electron chi connectivity index (χ3n) is 5.98. The fraction of sp³-hybridized carbons (Fsp3) is 0.259. The average Bonchev–Trinajstić information content (AvgIpc) is 2.80. The molecule has 1 aliphatic rings.